The largest absolute Gasteiger partial charge is 0.506 e. The van der Waals surface area contributed by atoms with Crippen LogP contribution in [0.3, 0.4) is 0 Å². The van der Waals surface area contributed by atoms with Crippen molar-refractivity contribution in [3.05, 3.63) is 106 Å². The average Bonchev–Trinajstić information content (AvgIpc) is 2.79. The quantitative estimate of drug-likeness (QED) is 0.384. The lowest BCUT2D eigenvalue weighted by Crippen LogP contribution is -2.25. The number of nitrogens with zero attached hydrogens (tertiary/aromatic N) is 2. The van der Waals surface area contributed by atoms with Gasteiger partial charge in [-0.3, -0.25) is 14.2 Å². The van der Waals surface area contributed by atoms with Crippen LogP contribution in [0.1, 0.15) is 15.9 Å². The summed E-state index contributed by atoms with van der Waals surface area (Å²) < 4.78 is 1.46. The summed E-state index contributed by atoms with van der Waals surface area (Å²) in [6, 6.07) is 23.8. The molecule has 0 aliphatic carbocycles. The van der Waals surface area contributed by atoms with E-state index in [0.717, 1.165) is 11.3 Å². The van der Waals surface area contributed by atoms with Crippen LogP contribution in [0.15, 0.2) is 89.7 Å². The lowest BCUT2D eigenvalue weighted by Gasteiger charge is -2.14. The van der Waals surface area contributed by atoms with Gasteiger partial charge in [0.1, 0.15) is 11.3 Å². The molecule has 0 unspecified atom stereocenters. The van der Waals surface area contributed by atoms with Crippen molar-refractivity contribution in [3.63, 3.8) is 0 Å². The molecule has 0 bridgehead atoms. The molecule has 0 fully saturated rings. The Morgan fingerprint density at radius 1 is 0.903 bits per heavy atom. The van der Waals surface area contributed by atoms with Gasteiger partial charge in [0, 0.05) is 30.9 Å². The molecule has 154 valence electrons. The molecule has 0 saturated heterocycles. The summed E-state index contributed by atoms with van der Waals surface area (Å²) in [5.74, 6) is -0.847. The van der Waals surface area contributed by atoms with E-state index in [9.17, 15) is 14.7 Å². The van der Waals surface area contributed by atoms with Crippen molar-refractivity contribution in [2.75, 3.05) is 19.0 Å². The highest BCUT2D eigenvalue weighted by atomic mass is 16.3. The predicted molar refractivity (Wildman–Crippen MR) is 125 cm³/mol. The third-order valence-corrected chi connectivity index (χ3v) is 5.15. The first kappa shape index (κ1) is 20.2. The number of hydrogen-bond acceptors (Lipinski definition) is 4. The number of aromatic hydroxyl groups is 1. The first-order chi connectivity index (χ1) is 15.0. The van der Waals surface area contributed by atoms with Crippen molar-refractivity contribution in [1.82, 2.24) is 4.57 Å². The number of pyridine rings is 1. The van der Waals surface area contributed by atoms with Gasteiger partial charge in [0.05, 0.1) is 5.52 Å². The first-order valence-corrected chi connectivity index (χ1v) is 9.89. The van der Waals surface area contributed by atoms with Crippen molar-refractivity contribution < 1.29 is 9.90 Å². The number of fused-ring (bicyclic) bond motifs is 1. The van der Waals surface area contributed by atoms with E-state index in [0.29, 0.717) is 16.6 Å². The molecule has 31 heavy (non-hydrogen) atoms. The predicted octanol–water partition coefficient (Wildman–Crippen LogP) is 4.66. The molecule has 0 saturated carbocycles. The molecule has 4 aromatic rings. The Morgan fingerprint density at radius 3 is 2.23 bits per heavy atom. The van der Waals surface area contributed by atoms with Gasteiger partial charge >= 0.3 is 0 Å². The Bertz CT molecular complexity index is 1340. The van der Waals surface area contributed by atoms with E-state index in [4.69, 9.17) is 0 Å². The summed E-state index contributed by atoms with van der Waals surface area (Å²) in [4.78, 5) is 28.3. The second kappa shape index (κ2) is 8.32. The van der Waals surface area contributed by atoms with Crippen molar-refractivity contribution in [2.45, 2.75) is 0 Å². The van der Waals surface area contributed by atoms with Crippen molar-refractivity contribution in [1.29, 1.82) is 0 Å². The van der Waals surface area contributed by atoms with Gasteiger partial charge < -0.3 is 10.0 Å². The number of anilines is 1. The van der Waals surface area contributed by atoms with Gasteiger partial charge in [-0.25, -0.2) is 0 Å². The van der Waals surface area contributed by atoms with Crippen LogP contribution in [0.5, 0.6) is 5.75 Å². The zero-order valence-electron chi connectivity index (χ0n) is 17.3. The van der Waals surface area contributed by atoms with Gasteiger partial charge in [0.15, 0.2) is 5.78 Å². The number of allylic oxidation sites excluding steroid dienone is 1. The smallest absolute Gasteiger partial charge is 0.270 e. The van der Waals surface area contributed by atoms with Crippen molar-refractivity contribution in [2.24, 2.45) is 0 Å². The third-order valence-electron chi connectivity index (χ3n) is 5.15. The van der Waals surface area contributed by atoms with Gasteiger partial charge in [-0.1, -0.05) is 48.5 Å². The number of ketones is 1. The summed E-state index contributed by atoms with van der Waals surface area (Å²) in [6.07, 6.45) is 2.97. The topological polar surface area (TPSA) is 62.5 Å². The average molecular weight is 410 g/mol. The number of carbonyl (C=O) groups is 1. The maximum absolute atomic E-state index is 13.3. The maximum atomic E-state index is 13.3. The SMILES string of the molecule is CN(C)c1ccc(C=CC(=O)c2c(O)c3ccccc3n(-c3ccccc3)c2=O)cc1. The molecule has 3 aromatic carbocycles. The molecule has 0 atom stereocenters. The lowest BCUT2D eigenvalue weighted by atomic mass is 10.0. The lowest BCUT2D eigenvalue weighted by molar-refractivity contribution is 0.104. The normalized spacial score (nSPS) is 11.2. The number of carbonyl (C=O) groups excluding carboxylic acids is 1. The van der Waals surface area contributed by atoms with Crippen LogP contribution < -0.4 is 10.5 Å². The van der Waals surface area contributed by atoms with E-state index in [-0.39, 0.29) is 11.3 Å². The number of para-hydroxylation sites is 2. The first-order valence-electron chi connectivity index (χ1n) is 9.89. The molecule has 0 amide bonds. The minimum atomic E-state index is -0.556. The van der Waals surface area contributed by atoms with Gasteiger partial charge in [-0.15, -0.1) is 0 Å². The fourth-order valence-corrected chi connectivity index (χ4v) is 3.52. The van der Waals surface area contributed by atoms with Crippen LogP contribution >= 0.6 is 0 Å². The number of rotatable bonds is 5. The van der Waals surface area contributed by atoms with E-state index in [1.165, 1.54) is 10.6 Å². The molecular weight excluding hydrogens is 388 g/mol. The third kappa shape index (κ3) is 3.85. The highest BCUT2D eigenvalue weighted by molar-refractivity contribution is 6.11. The molecule has 0 aliphatic rings. The molecule has 1 heterocycles. The van der Waals surface area contributed by atoms with Crippen LogP contribution in [0.25, 0.3) is 22.7 Å². The summed E-state index contributed by atoms with van der Waals surface area (Å²) in [6.45, 7) is 0. The Labute approximate surface area is 180 Å². The van der Waals surface area contributed by atoms with Crippen LogP contribution in [-0.2, 0) is 0 Å². The molecule has 1 N–H and O–H groups in total. The van der Waals surface area contributed by atoms with E-state index >= 15 is 0 Å². The van der Waals surface area contributed by atoms with Gasteiger partial charge in [-0.2, -0.15) is 0 Å². The van der Waals surface area contributed by atoms with Crippen LogP contribution in [0, 0.1) is 0 Å². The van der Waals surface area contributed by atoms with Crippen LogP contribution in [-0.4, -0.2) is 29.6 Å². The number of aromatic nitrogens is 1. The zero-order chi connectivity index (χ0) is 22.0. The molecular formula is C26H22N2O3. The summed E-state index contributed by atoms with van der Waals surface area (Å²) >= 11 is 0. The van der Waals surface area contributed by atoms with E-state index in [1.54, 1.807) is 42.5 Å². The molecule has 0 radical (unpaired) electrons. The van der Waals surface area contributed by atoms with E-state index in [2.05, 4.69) is 0 Å². The van der Waals surface area contributed by atoms with E-state index in [1.807, 2.05) is 61.5 Å². The Kier molecular flexibility index (Phi) is 5.41. The monoisotopic (exact) mass is 410 g/mol. The summed E-state index contributed by atoms with van der Waals surface area (Å²) in [5, 5.41) is 11.2. The van der Waals surface area contributed by atoms with Gasteiger partial charge in [-0.05, 0) is 48.0 Å². The standard InChI is InChI=1S/C26H22N2O3/c1-27(2)19-15-12-18(13-16-19)14-17-23(29)24-25(30)21-10-6-7-11-22(21)28(26(24)31)20-8-4-3-5-9-20/h3-17,30H,1-2H3. The molecule has 0 spiro atoms. The second-order valence-electron chi connectivity index (χ2n) is 7.40. The zero-order valence-corrected chi connectivity index (χ0v) is 17.3. The van der Waals surface area contributed by atoms with Crippen molar-refractivity contribution >= 4 is 28.4 Å². The molecule has 5 heteroatoms. The minimum Gasteiger partial charge on any atom is -0.506 e. The fourth-order valence-electron chi connectivity index (χ4n) is 3.52. The fraction of sp³-hybridized carbons (Fsp3) is 0.0769. The Morgan fingerprint density at radius 2 is 1.55 bits per heavy atom. The second-order valence-corrected chi connectivity index (χ2v) is 7.40. The summed E-state index contributed by atoms with van der Waals surface area (Å²) in [5.41, 5.74) is 2.23. The molecule has 0 aliphatic heterocycles. The Hall–Kier alpha value is -4.12. The highest BCUT2D eigenvalue weighted by Crippen LogP contribution is 2.28. The number of benzene rings is 3. The van der Waals surface area contributed by atoms with Crippen molar-refractivity contribution in [3.8, 4) is 11.4 Å². The van der Waals surface area contributed by atoms with Crippen LogP contribution in [0.4, 0.5) is 5.69 Å². The molecule has 5 nitrogen and oxygen atoms in total. The molecule has 4 rings (SSSR count). The highest BCUT2D eigenvalue weighted by Gasteiger charge is 2.21. The summed E-state index contributed by atoms with van der Waals surface area (Å²) in [7, 11) is 3.91. The minimum absolute atomic E-state index is 0.247. The number of hydrogen-bond donors (Lipinski definition) is 1. The van der Waals surface area contributed by atoms with Crippen LogP contribution in [0.2, 0.25) is 0 Å². The van der Waals surface area contributed by atoms with Gasteiger partial charge in [0.2, 0.25) is 0 Å². The Balaban J connectivity index is 1.82. The van der Waals surface area contributed by atoms with Gasteiger partial charge in [0.25, 0.3) is 5.56 Å². The van der Waals surface area contributed by atoms with E-state index < -0.39 is 11.3 Å². The molecule has 1 aromatic heterocycles. The maximum Gasteiger partial charge on any atom is 0.270 e.